The molecule has 1 aromatic carbocycles. The molecule has 1 unspecified atom stereocenters. The Hall–Kier alpha value is -3.73. The van der Waals surface area contributed by atoms with Crippen LogP contribution < -0.4 is 14.5 Å². The van der Waals surface area contributed by atoms with Gasteiger partial charge in [0, 0.05) is 32.1 Å². The van der Waals surface area contributed by atoms with Crippen molar-refractivity contribution in [2.24, 2.45) is 5.92 Å². The van der Waals surface area contributed by atoms with Gasteiger partial charge in [0.2, 0.25) is 5.91 Å². The van der Waals surface area contributed by atoms with Crippen molar-refractivity contribution < 1.29 is 19.1 Å². The minimum absolute atomic E-state index is 0.0439. The van der Waals surface area contributed by atoms with E-state index in [0.29, 0.717) is 50.5 Å². The third-order valence-electron chi connectivity index (χ3n) is 6.95. The third-order valence-corrected chi connectivity index (χ3v) is 6.95. The minimum atomic E-state index is -0.716. The van der Waals surface area contributed by atoms with Gasteiger partial charge in [-0.15, -0.1) is 15.3 Å². The largest absolute Gasteiger partial charge is 0.476 e. The van der Waals surface area contributed by atoms with E-state index in [0.717, 1.165) is 24.6 Å². The molecular weight excluding hydrogens is 450 g/mol. The lowest BCUT2D eigenvalue weighted by molar-refractivity contribution is -0.143. The maximum atomic E-state index is 13.7. The van der Waals surface area contributed by atoms with Crippen LogP contribution in [0.1, 0.15) is 12.8 Å². The van der Waals surface area contributed by atoms with Gasteiger partial charge >= 0.3 is 0 Å². The maximum absolute atomic E-state index is 13.7. The van der Waals surface area contributed by atoms with Gasteiger partial charge in [0.05, 0.1) is 25.4 Å². The molecule has 1 atom stereocenters. The zero-order valence-electron chi connectivity index (χ0n) is 19.3. The molecule has 35 heavy (non-hydrogen) atoms. The first-order valence-electron chi connectivity index (χ1n) is 12.0. The topological polar surface area (TPSA) is 105 Å². The van der Waals surface area contributed by atoms with Crippen LogP contribution in [0, 0.1) is 5.92 Å². The van der Waals surface area contributed by atoms with Crippen LogP contribution in [0.3, 0.4) is 0 Å². The Labute approximate surface area is 202 Å². The number of anilines is 2. The molecule has 0 radical (unpaired) electrons. The molecule has 2 amide bonds. The van der Waals surface area contributed by atoms with E-state index in [4.69, 9.17) is 9.47 Å². The van der Waals surface area contributed by atoms with E-state index in [9.17, 15) is 9.59 Å². The lowest BCUT2D eigenvalue weighted by atomic mass is 9.94. The van der Waals surface area contributed by atoms with Crippen LogP contribution >= 0.6 is 0 Å². The smallest absolute Gasteiger partial charge is 0.265 e. The highest BCUT2D eigenvalue weighted by Gasteiger charge is 2.39. The Morgan fingerprint density at radius 3 is 2.57 bits per heavy atom. The Morgan fingerprint density at radius 1 is 0.943 bits per heavy atom. The van der Waals surface area contributed by atoms with Crippen LogP contribution in [0.15, 0.2) is 42.7 Å². The number of fused-ring (bicyclic) bond motifs is 2. The van der Waals surface area contributed by atoms with Crippen molar-refractivity contribution in [1.82, 2.24) is 24.7 Å². The first kappa shape index (κ1) is 21.8. The van der Waals surface area contributed by atoms with Gasteiger partial charge in [0.15, 0.2) is 11.8 Å². The lowest BCUT2D eigenvalue weighted by Gasteiger charge is -2.40. The molecule has 2 aromatic heterocycles. The van der Waals surface area contributed by atoms with Gasteiger partial charge < -0.3 is 24.2 Å². The van der Waals surface area contributed by atoms with Crippen LogP contribution in [-0.2, 0) is 14.3 Å². The number of ether oxygens (including phenoxy) is 2. The molecule has 2 fully saturated rings. The van der Waals surface area contributed by atoms with Crippen molar-refractivity contribution >= 4 is 29.0 Å². The zero-order valence-corrected chi connectivity index (χ0v) is 19.3. The third kappa shape index (κ3) is 4.16. The molecule has 0 bridgehead atoms. The molecule has 3 aliphatic heterocycles. The predicted molar refractivity (Wildman–Crippen MR) is 126 cm³/mol. The SMILES string of the molecule is O=C(C1CN(C(=O)C2CCN(c3ccc4nncn4n3)CC2)c2ccccc2O1)N1CCOCC1. The number of carbonyl (C=O) groups is 2. The van der Waals surface area contributed by atoms with Crippen LogP contribution in [0.25, 0.3) is 5.65 Å². The van der Waals surface area contributed by atoms with Gasteiger partial charge in [0.1, 0.15) is 17.9 Å². The van der Waals surface area contributed by atoms with Gasteiger partial charge in [-0.05, 0) is 37.1 Å². The highest BCUT2D eigenvalue weighted by molar-refractivity contribution is 5.98. The van der Waals surface area contributed by atoms with Crippen LogP contribution in [0.5, 0.6) is 5.75 Å². The average molecular weight is 478 g/mol. The van der Waals surface area contributed by atoms with E-state index >= 15 is 0 Å². The molecule has 0 aliphatic carbocycles. The lowest BCUT2D eigenvalue weighted by Crippen LogP contribution is -2.55. The Balaban J connectivity index is 1.16. The van der Waals surface area contributed by atoms with Gasteiger partial charge in [0.25, 0.3) is 5.91 Å². The molecule has 6 rings (SSSR count). The first-order chi connectivity index (χ1) is 17.2. The summed E-state index contributed by atoms with van der Waals surface area (Å²) in [6.07, 6.45) is 2.29. The maximum Gasteiger partial charge on any atom is 0.265 e. The number of benzene rings is 1. The minimum Gasteiger partial charge on any atom is -0.476 e. The molecule has 182 valence electrons. The molecule has 0 saturated carbocycles. The van der Waals surface area contributed by atoms with Crippen molar-refractivity contribution in [3.63, 3.8) is 0 Å². The number of nitrogens with zero attached hydrogens (tertiary/aromatic N) is 7. The highest BCUT2D eigenvalue weighted by Crippen LogP contribution is 2.36. The monoisotopic (exact) mass is 477 g/mol. The van der Waals surface area contributed by atoms with E-state index in [2.05, 4.69) is 20.2 Å². The molecule has 5 heterocycles. The summed E-state index contributed by atoms with van der Waals surface area (Å²) in [5.74, 6) is 1.24. The fourth-order valence-corrected chi connectivity index (χ4v) is 5.02. The van der Waals surface area contributed by atoms with E-state index in [1.165, 1.54) is 0 Å². The van der Waals surface area contributed by atoms with Gasteiger partial charge in [-0.3, -0.25) is 9.59 Å². The number of rotatable bonds is 3. The Kier molecular flexibility index (Phi) is 5.69. The molecule has 11 nitrogen and oxygen atoms in total. The fourth-order valence-electron chi connectivity index (χ4n) is 5.02. The number of amides is 2. The second-order valence-electron chi connectivity index (χ2n) is 9.05. The van der Waals surface area contributed by atoms with Crippen LogP contribution in [0.4, 0.5) is 11.5 Å². The zero-order chi connectivity index (χ0) is 23.8. The predicted octanol–water partition coefficient (Wildman–Crippen LogP) is 0.994. The van der Waals surface area contributed by atoms with Crippen LogP contribution in [-0.4, -0.2) is 88.6 Å². The quantitative estimate of drug-likeness (QED) is 0.550. The summed E-state index contributed by atoms with van der Waals surface area (Å²) in [5, 5.41) is 12.5. The normalized spacial score (nSPS) is 21.0. The standard InChI is InChI=1S/C24H27N7O4/c32-23(17-7-9-28(10-8-17)22-6-5-21-26-25-16-31(21)27-22)30-15-20(24(33)29-11-13-34-14-12-29)35-19-4-2-1-3-18(19)30/h1-6,16-17,20H,7-15H2. The molecule has 3 aromatic rings. The Bertz CT molecular complexity index is 1230. The molecular formula is C24H27N7O4. The van der Waals surface area contributed by atoms with E-state index in [1.807, 2.05) is 36.4 Å². The number of para-hydroxylation sites is 2. The van der Waals surface area contributed by atoms with E-state index < -0.39 is 6.10 Å². The Morgan fingerprint density at radius 2 is 1.74 bits per heavy atom. The number of carbonyl (C=O) groups excluding carboxylic acids is 2. The number of hydrogen-bond donors (Lipinski definition) is 0. The second-order valence-corrected chi connectivity index (χ2v) is 9.05. The van der Waals surface area contributed by atoms with Gasteiger partial charge in [-0.2, -0.15) is 4.52 Å². The molecule has 2 saturated heterocycles. The van der Waals surface area contributed by atoms with Gasteiger partial charge in [-0.25, -0.2) is 0 Å². The van der Waals surface area contributed by atoms with Gasteiger partial charge in [-0.1, -0.05) is 12.1 Å². The van der Waals surface area contributed by atoms with Crippen molar-refractivity contribution in [3.8, 4) is 5.75 Å². The van der Waals surface area contributed by atoms with E-state index in [-0.39, 0.29) is 24.3 Å². The molecule has 3 aliphatic rings. The highest BCUT2D eigenvalue weighted by atomic mass is 16.5. The summed E-state index contributed by atoms with van der Waals surface area (Å²) in [7, 11) is 0. The first-order valence-corrected chi connectivity index (χ1v) is 12.0. The second kappa shape index (κ2) is 9.14. The summed E-state index contributed by atoms with van der Waals surface area (Å²) < 4.78 is 13.1. The van der Waals surface area contributed by atoms with Crippen molar-refractivity contribution in [2.45, 2.75) is 18.9 Å². The number of morpholine rings is 1. The van der Waals surface area contributed by atoms with E-state index in [1.54, 1.807) is 20.6 Å². The average Bonchev–Trinajstić information content (AvgIpc) is 3.40. The summed E-state index contributed by atoms with van der Waals surface area (Å²) in [4.78, 5) is 32.6. The summed E-state index contributed by atoms with van der Waals surface area (Å²) in [5.41, 5.74) is 1.43. The summed E-state index contributed by atoms with van der Waals surface area (Å²) >= 11 is 0. The number of aromatic nitrogens is 4. The summed E-state index contributed by atoms with van der Waals surface area (Å²) in [6, 6.07) is 11.3. The van der Waals surface area contributed by atoms with Crippen molar-refractivity contribution in [3.05, 3.63) is 42.7 Å². The number of piperidine rings is 1. The summed E-state index contributed by atoms with van der Waals surface area (Å²) in [6.45, 7) is 3.80. The molecule has 0 N–H and O–H groups in total. The van der Waals surface area contributed by atoms with Crippen molar-refractivity contribution in [2.75, 3.05) is 55.7 Å². The number of hydrogen-bond acceptors (Lipinski definition) is 8. The fraction of sp³-hybridized carbons (Fsp3) is 0.458. The van der Waals surface area contributed by atoms with Crippen molar-refractivity contribution in [1.29, 1.82) is 0 Å². The van der Waals surface area contributed by atoms with Crippen LogP contribution in [0.2, 0.25) is 0 Å². The molecule has 11 heteroatoms. The molecule has 0 spiro atoms.